The van der Waals surface area contributed by atoms with Crippen LogP contribution in [-0.4, -0.2) is 34.8 Å². The van der Waals surface area contributed by atoms with Gasteiger partial charge in [-0.3, -0.25) is 9.48 Å². The van der Waals surface area contributed by atoms with E-state index in [0.717, 1.165) is 29.7 Å². The topological polar surface area (TPSA) is 86.4 Å². The Kier molecular flexibility index (Phi) is 5.59. The maximum absolute atomic E-state index is 12.2. The predicted molar refractivity (Wildman–Crippen MR) is 101 cm³/mol. The van der Waals surface area contributed by atoms with Gasteiger partial charge >= 0.3 is 5.97 Å². The number of nitrogens with one attached hydrogen (secondary N) is 1. The number of nitrogens with zero attached hydrogens (tertiary/aromatic N) is 2. The zero-order valence-electron chi connectivity index (χ0n) is 15.7. The molecule has 2 aromatic heterocycles. The van der Waals surface area contributed by atoms with Crippen LogP contribution >= 0.6 is 0 Å². The Balaban J connectivity index is 1.43. The third kappa shape index (κ3) is 4.36. The summed E-state index contributed by atoms with van der Waals surface area (Å²) in [4.78, 5) is 24.1. The van der Waals surface area contributed by atoms with Crippen LogP contribution in [0.1, 0.15) is 33.9 Å². The maximum Gasteiger partial charge on any atom is 0.375 e. The van der Waals surface area contributed by atoms with Gasteiger partial charge in [-0.25, -0.2) is 4.79 Å². The van der Waals surface area contributed by atoms with Gasteiger partial charge in [-0.2, -0.15) is 5.10 Å². The number of rotatable bonds is 7. The normalized spacial score (nSPS) is 10.9. The molecule has 0 spiro atoms. The number of fused-ring (bicyclic) bond motifs is 1. The van der Waals surface area contributed by atoms with Crippen molar-refractivity contribution in [1.29, 1.82) is 0 Å². The van der Waals surface area contributed by atoms with Crippen molar-refractivity contribution in [2.24, 2.45) is 0 Å². The van der Waals surface area contributed by atoms with E-state index in [9.17, 15) is 9.59 Å². The van der Waals surface area contributed by atoms with Gasteiger partial charge in [-0.05, 0) is 39.3 Å². The van der Waals surface area contributed by atoms with Crippen molar-refractivity contribution in [3.63, 3.8) is 0 Å². The van der Waals surface area contributed by atoms with Gasteiger partial charge in [-0.1, -0.05) is 18.2 Å². The standard InChI is InChI=1S/C20H23N3O4/c1-13-11-14(2)23(22-13)10-6-9-21-18(24)12-26-20(25)19-15(3)16-7-4-5-8-17(16)27-19/h4-5,7-8,11H,6,9-10,12H2,1-3H3,(H,21,24). The van der Waals surface area contributed by atoms with Crippen LogP contribution < -0.4 is 5.32 Å². The summed E-state index contributed by atoms with van der Waals surface area (Å²) in [6, 6.07) is 9.38. The smallest absolute Gasteiger partial charge is 0.375 e. The summed E-state index contributed by atoms with van der Waals surface area (Å²) in [5.41, 5.74) is 3.40. The second-order valence-electron chi connectivity index (χ2n) is 6.48. The molecule has 1 amide bonds. The minimum Gasteiger partial charge on any atom is -0.450 e. The van der Waals surface area contributed by atoms with Crippen molar-refractivity contribution >= 4 is 22.8 Å². The summed E-state index contributed by atoms with van der Waals surface area (Å²) in [5, 5.41) is 7.97. The highest BCUT2D eigenvalue weighted by molar-refractivity contribution is 5.96. The van der Waals surface area contributed by atoms with Crippen LogP contribution in [0, 0.1) is 20.8 Å². The molecule has 0 unspecified atom stereocenters. The van der Waals surface area contributed by atoms with Gasteiger partial charge in [0.25, 0.3) is 5.91 Å². The van der Waals surface area contributed by atoms with Crippen LogP contribution in [0.4, 0.5) is 0 Å². The molecular formula is C20H23N3O4. The molecule has 0 aliphatic rings. The molecule has 0 saturated carbocycles. The average Bonchev–Trinajstić information content (AvgIpc) is 3.15. The van der Waals surface area contributed by atoms with E-state index >= 15 is 0 Å². The number of benzene rings is 1. The predicted octanol–water partition coefficient (Wildman–Crippen LogP) is 2.92. The molecule has 0 fully saturated rings. The van der Waals surface area contributed by atoms with Crippen molar-refractivity contribution in [2.75, 3.05) is 13.2 Å². The number of carbonyl (C=O) groups is 2. The summed E-state index contributed by atoms with van der Waals surface area (Å²) < 4.78 is 12.5. The molecule has 27 heavy (non-hydrogen) atoms. The Labute approximate surface area is 157 Å². The number of hydrogen-bond acceptors (Lipinski definition) is 5. The number of para-hydroxylation sites is 1. The van der Waals surface area contributed by atoms with E-state index in [1.54, 1.807) is 13.0 Å². The van der Waals surface area contributed by atoms with Crippen LogP contribution in [-0.2, 0) is 16.1 Å². The Hall–Kier alpha value is -3.09. The van der Waals surface area contributed by atoms with Crippen molar-refractivity contribution in [3.05, 3.63) is 53.0 Å². The maximum atomic E-state index is 12.2. The van der Waals surface area contributed by atoms with Gasteiger partial charge < -0.3 is 14.5 Å². The molecule has 142 valence electrons. The summed E-state index contributed by atoms with van der Waals surface area (Å²) in [5.74, 6) is -0.847. The molecule has 1 N–H and O–H groups in total. The first-order chi connectivity index (χ1) is 13.0. The molecule has 7 heteroatoms. The largest absolute Gasteiger partial charge is 0.450 e. The zero-order valence-corrected chi connectivity index (χ0v) is 15.7. The van der Waals surface area contributed by atoms with Gasteiger partial charge in [0.05, 0.1) is 5.69 Å². The minimum atomic E-state index is -0.638. The van der Waals surface area contributed by atoms with Crippen LogP contribution in [0.25, 0.3) is 11.0 Å². The van der Waals surface area contributed by atoms with Gasteiger partial charge in [0.2, 0.25) is 5.76 Å². The Morgan fingerprint density at radius 2 is 2.00 bits per heavy atom. The fourth-order valence-corrected chi connectivity index (χ4v) is 2.97. The zero-order chi connectivity index (χ0) is 19.4. The van der Waals surface area contributed by atoms with Crippen LogP contribution in [0.3, 0.4) is 0 Å². The SMILES string of the molecule is Cc1cc(C)n(CCCNC(=O)COC(=O)c2oc3ccccc3c2C)n1. The molecule has 0 atom stereocenters. The van der Waals surface area contributed by atoms with E-state index in [4.69, 9.17) is 9.15 Å². The van der Waals surface area contributed by atoms with E-state index in [2.05, 4.69) is 10.4 Å². The highest BCUT2D eigenvalue weighted by Gasteiger charge is 2.19. The Bertz CT molecular complexity index is 971. The molecule has 0 radical (unpaired) electrons. The fraction of sp³-hybridized carbons (Fsp3) is 0.350. The van der Waals surface area contributed by atoms with E-state index < -0.39 is 5.97 Å². The quantitative estimate of drug-likeness (QED) is 0.511. The monoisotopic (exact) mass is 369 g/mol. The number of esters is 1. The molecule has 0 aliphatic heterocycles. The lowest BCUT2D eigenvalue weighted by Gasteiger charge is -2.07. The van der Waals surface area contributed by atoms with Crippen molar-refractivity contribution < 1.29 is 18.7 Å². The van der Waals surface area contributed by atoms with Crippen molar-refractivity contribution in [1.82, 2.24) is 15.1 Å². The summed E-state index contributed by atoms with van der Waals surface area (Å²) in [6.45, 7) is 6.61. The highest BCUT2D eigenvalue weighted by atomic mass is 16.5. The Morgan fingerprint density at radius 1 is 1.22 bits per heavy atom. The average molecular weight is 369 g/mol. The van der Waals surface area contributed by atoms with Crippen LogP contribution in [0.15, 0.2) is 34.7 Å². The summed E-state index contributed by atoms with van der Waals surface area (Å²) >= 11 is 0. The number of amides is 1. The lowest BCUT2D eigenvalue weighted by Crippen LogP contribution is -2.30. The van der Waals surface area contributed by atoms with Gasteiger partial charge in [0.1, 0.15) is 5.58 Å². The number of aromatic nitrogens is 2. The third-order valence-corrected chi connectivity index (χ3v) is 4.34. The van der Waals surface area contributed by atoms with Gasteiger partial charge in [0.15, 0.2) is 6.61 Å². The van der Waals surface area contributed by atoms with E-state index in [-0.39, 0.29) is 18.3 Å². The molecule has 3 rings (SSSR count). The summed E-state index contributed by atoms with van der Waals surface area (Å²) in [7, 11) is 0. The Morgan fingerprint density at radius 3 is 2.70 bits per heavy atom. The van der Waals surface area contributed by atoms with Gasteiger partial charge in [0, 0.05) is 29.7 Å². The molecular weight excluding hydrogens is 346 g/mol. The number of hydrogen-bond donors (Lipinski definition) is 1. The van der Waals surface area contributed by atoms with Gasteiger partial charge in [-0.15, -0.1) is 0 Å². The number of carbonyl (C=O) groups excluding carboxylic acids is 2. The van der Waals surface area contributed by atoms with Crippen LogP contribution in [0.2, 0.25) is 0 Å². The highest BCUT2D eigenvalue weighted by Crippen LogP contribution is 2.25. The molecule has 2 heterocycles. The first kappa shape index (κ1) is 18.7. The van der Waals surface area contributed by atoms with Crippen molar-refractivity contribution in [2.45, 2.75) is 33.7 Å². The lowest BCUT2D eigenvalue weighted by atomic mass is 10.1. The minimum absolute atomic E-state index is 0.133. The molecule has 3 aromatic rings. The van der Waals surface area contributed by atoms with E-state index in [0.29, 0.717) is 17.7 Å². The number of aryl methyl sites for hydroxylation is 4. The molecule has 1 aromatic carbocycles. The second-order valence-corrected chi connectivity index (χ2v) is 6.48. The van der Waals surface area contributed by atoms with E-state index in [1.807, 2.05) is 42.8 Å². The van der Waals surface area contributed by atoms with Crippen LogP contribution in [0.5, 0.6) is 0 Å². The first-order valence-electron chi connectivity index (χ1n) is 8.88. The third-order valence-electron chi connectivity index (χ3n) is 4.34. The fourth-order valence-electron chi connectivity index (χ4n) is 2.97. The number of ether oxygens (including phenoxy) is 1. The molecule has 0 aliphatic carbocycles. The molecule has 7 nitrogen and oxygen atoms in total. The lowest BCUT2D eigenvalue weighted by molar-refractivity contribution is -0.124. The molecule has 0 bridgehead atoms. The first-order valence-corrected chi connectivity index (χ1v) is 8.88. The number of furan rings is 1. The van der Waals surface area contributed by atoms with Crippen molar-refractivity contribution in [3.8, 4) is 0 Å². The summed E-state index contributed by atoms with van der Waals surface area (Å²) in [6.07, 6.45) is 0.740. The van der Waals surface area contributed by atoms with E-state index in [1.165, 1.54) is 0 Å². The second kappa shape index (κ2) is 8.07. The molecule has 0 saturated heterocycles.